The van der Waals surface area contributed by atoms with Gasteiger partial charge in [0.15, 0.2) is 0 Å². The van der Waals surface area contributed by atoms with Crippen molar-refractivity contribution in [1.29, 1.82) is 0 Å². The van der Waals surface area contributed by atoms with E-state index in [1.165, 1.54) is 0 Å². The smallest absolute Gasteiger partial charge is 0.434 e. The third kappa shape index (κ3) is 2.62. The highest BCUT2D eigenvalue weighted by Crippen LogP contribution is 2.29. The third-order valence-electron chi connectivity index (χ3n) is 3.57. The number of fused-ring (bicyclic) bond motifs is 1. The molecule has 0 amide bonds. The molecule has 0 aliphatic heterocycles. The maximum atomic E-state index is 11.1. The van der Waals surface area contributed by atoms with Crippen LogP contribution in [0.3, 0.4) is 0 Å². The Morgan fingerprint density at radius 2 is 2.00 bits per heavy atom. The molecule has 2 heterocycles. The lowest BCUT2D eigenvalue weighted by Crippen LogP contribution is -1.94. The summed E-state index contributed by atoms with van der Waals surface area (Å²) in [4.78, 5) is 14.2. The zero-order chi connectivity index (χ0) is 15.6. The van der Waals surface area contributed by atoms with Crippen molar-refractivity contribution in [2.75, 3.05) is 0 Å². The molecule has 0 aliphatic carbocycles. The van der Waals surface area contributed by atoms with E-state index < -0.39 is 5.76 Å². The first kappa shape index (κ1) is 13.4. The molecular weight excluding hydrogens is 294 g/mol. The van der Waals surface area contributed by atoms with E-state index in [-0.39, 0.29) is 5.89 Å². The summed E-state index contributed by atoms with van der Waals surface area (Å²) in [7, 11) is 0. The van der Waals surface area contributed by atoms with Gasteiger partial charge in [0.2, 0.25) is 0 Å². The van der Waals surface area contributed by atoms with E-state index >= 15 is 0 Å². The summed E-state index contributed by atoms with van der Waals surface area (Å²) in [5, 5.41) is 7.02. The second kappa shape index (κ2) is 5.49. The van der Waals surface area contributed by atoms with Crippen molar-refractivity contribution in [2.45, 2.75) is 6.61 Å². The third-order valence-corrected chi connectivity index (χ3v) is 3.57. The van der Waals surface area contributed by atoms with E-state index in [0.29, 0.717) is 6.61 Å². The summed E-state index contributed by atoms with van der Waals surface area (Å²) in [6, 6.07) is 15.7. The van der Waals surface area contributed by atoms with Crippen molar-refractivity contribution in [3.63, 3.8) is 0 Å². The molecule has 6 heteroatoms. The average molecular weight is 307 g/mol. The van der Waals surface area contributed by atoms with Crippen molar-refractivity contribution < 1.29 is 9.15 Å². The van der Waals surface area contributed by atoms with Crippen LogP contribution in [-0.2, 0) is 6.61 Å². The molecule has 2 aromatic carbocycles. The predicted octanol–water partition coefficient (Wildman–Crippen LogP) is 3.09. The lowest BCUT2D eigenvalue weighted by molar-refractivity contribution is 0.306. The van der Waals surface area contributed by atoms with Crippen molar-refractivity contribution >= 4 is 10.9 Å². The number of H-pyrrole nitrogens is 2. The minimum atomic E-state index is -0.572. The van der Waals surface area contributed by atoms with Gasteiger partial charge in [-0.1, -0.05) is 30.3 Å². The zero-order valence-corrected chi connectivity index (χ0v) is 12.1. The largest absolute Gasteiger partial charge is 0.489 e. The van der Waals surface area contributed by atoms with Gasteiger partial charge in [-0.3, -0.25) is 0 Å². The molecule has 0 saturated heterocycles. The van der Waals surface area contributed by atoms with E-state index in [2.05, 4.69) is 15.2 Å². The van der Waals surface area contributed by atoms with Crippen LogP contribution in [0, 0.1) is 0 Å². The summed E-state index contributed by atoms with van der Waals surface area (Å²) in [6.07, 6.45) is 1.75. The molecule has 114 valence electrons. The number of aromatic nitrogens is 3. The molecule has 2 N–H and O–H groups in total. The number of rotatable bonds is 4. The molecule has 0 fully saturated rings. The second-order valence-electron chi connectivity index (χ2n) is 5.10. The zero-order valence-electron chi connectivity index (χ0n) is 12.1. The number of nitrogens with zero attached hydrogens (tertiary/aromatic N) is 1. The van der Waals surface area contributed by atoms with Gasteiger partial charge in [-0.15, -0.1) is 5.10 Å². The van der Waals surface area contributed by atoms with E-state index in [9.17, 15) is 4.79 Å². The van der Waals surface area contributed by atoms with Gasteiger partial charge in [-0.25, -0.2) is 9.89 Å². The fourth-order valence-electron chi connectivity index (χ4n) is 2.46. The molecule has 0 aliphatic rings. The minimum Gasteiger partial charge on any atom is -0.489 e. The first-order chi connectivity index (χ1) is 11.3. The first-order valence-electron chi connectivity index (χ1n) is 7.13. The van der Waals surface area contributed by atoms with Crippen LogP contribution in [0.1, 0.15) is 5.56 Å². The fraction of sp³-hybridized carbons (Fsp3) is 0.0588. The minimum absolute atomic E-state index is 0.263. The lowest BCUT2D eigenvalue weighted by atomic mass is 10.1. The van der Waals surface area contributed by atoms with Crippen molar-refractivity contribution in [3.8, 4) is 17.2 Å². The molecule has 0 atom stereocenters. The van der Waals surface area contributed by atoms with Gasteiger partial charge in [-0.2, -0.15) is 0 Å². The summed E-state index contributed by atoms with van der Waals surface area (Å²) in [6.45, 7) is 0.508. The summed E-state index contributed by atoms with van der Waals surface area (Å²) < 4.78 is 10.8. The predicted molar refractivity (Wildman–Crippen MR) is 85.2 cm³/mol. The maximum absolute atomic E-state index is 11.1. The molecule has 4 aromatic rings. The Balaban J connectivity index is 1.61. The van der Waals surface area contributed by atoms with Gasteiger partial charge in [0.05, 0.1) is 5.56 Å². The molecule has 0 spiro atoms. The van der Waals surface area contributed by atoms with E-state index in [4.69, 9.17) is 9.15 Å². The molecular formula is C17H13N3O3. The normalized spacial score (nSPS) is 11.0. The van der Waals surface area contributed by atoms with Gasteiger partial charge in [0, 0.05) is 23.2 Å². The van der Waals surface area contributed by atoms with Crippen molar-refractivity contribution in [3.05, 3.63) is 70.8 Å². The van der Waals surface area contributed by atoms with Crippen LogP contribution in [0.2, 0.25) is 0 Å². The number of aromatic amines is 2. The fourth-order valence-corrected chi connectivity index (χ4v) is 2.46. The number of ether oxygens (including phenoxy) is 1. The standard InChI is InChI=1S/C17H13N3O3/c21-17-20-19-16(23-17)14-9-18-15-8-12(6-7-13(14)15)22-10-11-4-2-1-3-5-11/h1-9,18H,10H2,(H,20,21). The maximum Gasteiger partial charge on any atom is 0.434 e. The molecule has 6 nitrogen and oxygen atoms in total. The van der Waals surface area contributed by atoms with Crippen molar-refractivity contribution in [2.24, 2.45) is 0 Å². The summed E-state index contributed by atoms with van der Waals surface area (Å²) in [5.74, 6) is 0.453. The van der Waals surface area contributed by atoms with Gasteiger partial charge < -0.3 is 14.1 Å². The second-order valence-corrected chi connectivity index (χ2v) is 5.10. The summed E-state index contributed by atoms with van der Waals surface area (Å²) >= 11 is 0. The Bertz CT molecular complexity index is 999. The Hall–Kier alpha value is -3.28. The highest BCUT2D eigenvalue weighted by Gasteiger charge is 2.12. The van der Waals surface area contributed by atoms with Crippen LogP contribution < -0.4 is 10.5 Å². The van der Waals surface area contributed by atoms with E-state index in [1.807, 2.05) is 48.5 Å². The molecule has 0 saturated carbocycles. The molecule has 0 unspecified atom stereocenters. The van der Waals surface area contributed by atoms with E-state index in [1.54, 1.807) is 6.20 Å². The molecule has 0 radical (unpaired) electrons. The topological polar surface area (TPSA) is 83.9 Å². The Morgan fingerprint density at radius 1 is 1.13 bits per heavy atom. The Kier molecular flexibility index (Phi) is 3.20. The highest BCUT2D eigenvalue weighted by atomic mass is 16.5. The van der Waals surface area contributed by atoms with Crippen LogP contribution in [0.4, 0.5) is 0 Å². The highest BCUT2D eigenvalue weighted by molar-refractivity contribution is 5.94. The van der Waals surface area contributed by atoms with Crippen LogP contribution in [-0.4, -0.2) is 15.2 Å². The van der Waals surface area contributed by atoms with Crippen LogP contribution in [0.25, 0.3) is 22.4 Å². The summed E-state index contributed by atoms with van der Waals surface area (Å²) in [5.41, 5.74) is 2.72. The van der Waals surface area contributed by atoms with Gasteiger partial charge in [0.1, 0.15) is 12.4 Å². The van der Waals surface area contributed by atoms with Crippen LogP contribution in [0.15, 0.2) is 63.9 Å². The number of hydrogen-bond acceptors (Lipinski definition) is 4. The molecule has 2 aromatic heterocycles. The van der Waals surface area contributed by atoms with E-state index in [0.717, 1.165) is 27.8 Å². The number of nitrogens with one attached hydrogen (secondary N) is 2. The molecule has 23 heavy (non-hydrogen) atoms. The van der Waals surface area contributed by atoms with Crippen molar-refractivity contribution in [1.82, 2.24) is 15.2 Å². The number of hydrogen-bond donors (Lipinski definition) is 2. The van der Waals surface area contributed by atoms with Gasteiger partial charge in [-0.05, 0) is 17.7 Å². The SMILES string of the molecule is O=c1[nH]nc(-c2c[nH]c3cc(OCc4ccccc4)ccc23)o1. The van der Waals surface area contributed by atoms with Crippen LogP contribution >= 0.6 is 0 Å². The van der Waals surface area contributed by atoms with Gasteiger partial charge >= 0.3 is 5.76 Å². The Morgan fingerprint density at radius 3 is 2.78 bits per heavy atom. The Labute approximate surface area is 130 Å². The number of benzene rings is 2. The van der Waals surface area contributed by atoms with Gasteiger partial charge in [0.25, 0.3) is 5.89 Å². The van der Waals surface area contributed by atoms with Crippen LogP contribution in [0.5, 0.6) is 5.75 Å². The lowest BCUT2D eigenvalue weighted by Gasteiger charge is -2.06. The first-order valence-corrected chi connectivity index (χ1v) is 7.13. The molecule has 4 rings (SSSR count). The monoisotopic (exact) mass is 307 g/mol. The quantitative estimate of drug-likeness (QED) is 0.607. The average Bonchev–Trinajstić information content (AvgIpc) is 3.19. The molecule has 0 bridgehead atoms.